The van der Waals surface area contributed by atoms with Crippen LogP contribution in [-0.4, -0.2) is 11.7 Å². The molecule has 0 aromatic carbocycles. The zero-order valence-electron chi connectivity index (χ0n) is 10.2. The van der Waals surface area contributed by atoms with Crippen molar-refractivity contribution >= 4 is 0 Å². The molecule has 1 aromatic heterocycles. The summed E-state index contributed by atoms with van der Waals surface area (Å²) in [6.45, 7) is 3.90. The summed E-state index contributed by atoms with van der Waals surface area (Å²) in [5.74, 6) is 1.82. The van der Waals surface area contributed by atoms with Gasteiger partial charge in [-0.25, -0.2) is 0 Å². The highest BCUT2D eigenvalue weighted by Gasteiger charge is 2.11. The van der Waals surface area contributed by atoms with E-state index in [0.717, 1.165) is 30.5 Å². The smallest absolute Gasteiger partial charge is 0.150 e. The van der Waals surface area contributed by atoms with Crippen LogP contribution in [0.25, 0.3) is 0 Å². The summed E-state index contributed by atoms with van der Waals surface area (Å²) in [6, 6.07) is 2.00. The first kappa shape index (κ1) is 11.6. The monoisotopic (exact) mass is 222 g/mol. The van der Waals surface area contributed by atoms with E-state index >= 15 is 0 Å². The highest BCUT2D eigenvalue weighted by molar-refractivity contribution is 5.02. The average molecular weight is 222 g/mol. The van der Waals surface area contributed by atoms with Gasteiger partial charge in [0.1, 0.15) is 0 Å². The summed E-state index contributed by atoms with van der Waals surface area (Å²) < 4.78 is 5.17. The molecule has 16 heavy (non-hydrogen) atoms. The molecule has 3 heteroatoms. The lowest BCUT2D eigenvalue weighted by Gasteiger charge is -2.13. The van der Waals surface area contributed by atoms with Crippen molar-refractivity contribution in [1.29, 1.82) is 0 Å². The van der Waals surface area contributed by atoms with E-state index in [2.05, 4.69) is 10.5 Å². The van der Waals surface area contributed by atoms with E-state index < -0.39 is 0 Å². The van der Waals surface area contributed by atoms with Crippen LogP contribution in [0, 0.1) is 12.8 Å². The Kier molecular flexibility index (Phi) is 4.40. The molecule has 1 heterocycles. The zero-order valence-corrected chi connectivity index (χ0v) is 10.2. The second-order valence-electron chi connectivity index (χ2n) is 4.92. The van der Waals surface area contributed by atoms with E-state index in [1.165, 1.54) is 38.5 Å². The number of aryl methyl sites for hydroxylation is 1. The molecule has 1 saturated carbocycles. The molecule has 1 aliphatic rings. The maximum Gasteiger partial charge on any atom is 0.150 e. The maximum absolute atomic E-state index is 5.17. The van der Waals surface area contributed by atoms with Crippen LogP contribution in [0.5, 0.6) is 0 Å². The van der Waals surface area contributed by atoms with Crippen molar-refractivity contribution < 1.29 is 4.52 Å². The predicted octanol–water partition coefficient (Wildman–Crippen LogP) is 3.04. The van der Waals surface area contributed by atoms with E-state index in [1.54, 1.807) is 0 Å². The first-order chi connectivity index (χ1) is 7.84. The fourth-order valence-corrected chi connectivity index (χ4v) is 2.47. The molecule has 3 nitrogen and oxygen atoms in total. The van der Waals surface area contributed by atoms with Crippen molar-refractivity contribution in [3.63, 3.8) is 0 Å². The molecule has 1 fully saturated rings. The van der Waals surface area contributed by atoms with Gasteiger partial charge in [0.15, 0.2) is 5.76 Å². The lowest BCUT2D eigenvalue weighted by molar-refractivity contribution is 0.356. The fourth-order valence-electron chi connectivity index (χ4n) is 2.47. The Bertz CT molecular complexity index is 301. The Balaban J connectivity index is 1.67. The Labute approximate surface area is 97.6 Å². The van der Waals surface area contributed by atoms with E-state index in [0.29, 0.717) is 0 Å². The molecule has 0 unspecified atom stereocenters. The highest BCUT2D eigenvalue weighted by Crippen LogP contribution is 2.22. The number of nitrogens with zero attached hydrogens (tertiary/aromatic N) is 1. The van der Waals surface area contributed by atoms with Gasteiger partial charge in [0.2, 0.25) is 0 Å². The van der Waals surface area contributed by atoms with Crippen LogP contribution in [-0.2, 0) is 6.54 Å². The van der Waals surface area contributed by atoms with Gasteiger partial charge in [-0.05, 0) is 32.2 Å². The van der Waals surface area contributed by atoms with Crippen molar-refractivity contribution in [2.75, 3.05) is 6.54 Å². The van der Waals surface area contributed by atoms with Gasteiger partial charge in [0.25, 0.3) is 0 Å². The highest BCUT2D eigenvalue weighted by atomic mass is 16.5. The largest absolute Gasteiger partial charge is 0.360 e. The van der Waals surface area contributed by atoms with Crippen LogP contribution in [0.3, 0.4) is 0 Å². The van der Waals surface area contributed by atoms with E-state index in [-0.39, 0.29) is 0 Å². The van der Waals surface area contributed by atoms with E-state index in [1.807, 2.05) is 13.0 Å². The summed E-state index contributed by atoms with van der Waals surface area (Å²) in [7, 11) is 0. The molecule has 0 radical (unpaired) electrons. The summed E-state index contributed by atoms with van der Waals surface area (Å²) in [6.07, 6.45) is 8.46. The van der Waals surface area contributed by atoms with Crippen LogP contribution in [0.1, 0.15) is 50.0 Å². The minimum Gasteiger partial charge on any atom is -0.360 e. The first-order valence-electron chi connectivity index (χ1n) is 6.47. The summed E-state index contributed by atoms with van der Waals surface area (Å²) in [4.78, 5) is 0. The van der Waals surface area contributed by atoms with Crippen molar-refractivity contribution in [3.8, 4) is 0 Å². The van der Waals surface area contributed by atoms with Crippen LogP contribution in [0.2, 0.25) is 0 Å². The van der Waals surface area contributed by atoms with Gasteiger partial charge in [-0.15, -0.1) is 0 Å². The molecule has 90 valence electrons. The van der Waals surface area contributed by atoms with Gasteiger partial charge in [0, 0.05) is 6.07 Å². The lowest BCUT2D eigenvalue weighted by Crippen LogP contribution is -2.21. The van der Waals surface area contributed by atoms with Gasteiger partial charge < -0.3 is 9.84 Å². The Morgan fingerprint density at radius 2 is 2.06 bits per heavy atom. The zero-order chi connectivity index (χ0) is 11.2. The third-order valence-electron chi connectivity index (χ3n) is 3.38. The summed E-state index contributed by atoms with van der Waals surface area (Å²) >= 11 is 0. The minimum atomic E-state index is 0.817. The third kappa shape index (κ3) is 3.63. The predicted molar refractivity (Wildman–Crippen MR) is 64.1 cm³/mol. The van der Waals surface area contributed by atoms with Gasteiger partial charge >= 0.3 is 0 Å². The number of hydrogen-bond acceptors (Lipinski definition) is 3. The molecule has 0 bridgehead atoms. The topological polar surface area (TPSA) is 38.1 Å². The summed E-state index contributed by atoms with van der Waals surface area (Å²) in [5, 5.41) is 7.36. The number of hydrogen-bond donors (Lipinski definition) is 1. The third-order valence-corrected chi connectivity index (χ3v) is 3.38. The van der Waals surface area contributed by atoms with Gasteiger partial charge in [0.05, 0.1) is 12.2 Å². The minimum absolute atomic E-state index is 0.817. The SMILES string of the molecule is Cc1cc(CNCC2CCCCCC2)on1. The quantitative estimate of drug-likeness (QED) is 0.796. The normalized spacial score (nSPS) is 18.6. The van der Waals surface area contributed by atoms with Crippen molar-refractivity contribution in [2.45, 2.75) is 52.0 Å². The lowest BCUT2D eigenvalue weighted by atomic mass is 10.0. The molecule has 1 aromatic rings. The van der Waals surface area contributed by atoms with Crippen molar-refractivity contribution in [3.05, 3.63) is 17.5 Å². The van der Waals surface area contributed by atoms with Crippen LogP contribution in [0.4, 0.5) is 0 Å². The standard InChI is InChI=1S/C13H22N2O/c1-11-8-13(16-15-11)10-14-9-12-6-4-2-3-5-7-12/h8,12,14H,2-7,9-10H2,1H3. The molecular formula is C13H22N2O. The molecule has 2 rings (SSSR count). The number of aromatic nitrogens is 1. The van der Waals surface area contributed by atoms with Crippen molar-refractivity contribution in [2.24, 2.45) is 5.92 Å². The Morgan fingerprint density at radius 3 is 2.69 bits per heavy atom. The van der Waals surface area contributed by atoms with Crippen LogP contribution < -0.4 is 5.32 Å². The number of nitrogens with one attached hydrogen (secondary N) is 1. The Morgan fingerprint density at radius 1 is 1.31 bits per heavy atom. The van der Waals surface area contributed by atoms with Gasteiger partial charge in [-0.1, -0.05) is 30.8 Å². The van der Waals surface area contributed by atoms with E-state index in [9.17, 15) is 0 Å². The van der Waals surface area contributed by atoms with Gasteiger partial charge in [-0.2, -0.15) is 0 Å². The second-order valence-corrected chi connectivity index (χ2v) is 4.92. The van der Waals surface area contributed by atoms with Crippen molar-refractivity contribution in [1.82, 2.24) is 10.5 Å². The number of rotatable bonds is 4. The maximum atomic E-state index is 5.17. The molecule has 0 spiro atoms. The Hall–Kier alpha value is -0.830. The van der Waals surface area contributed by atoms with Gasteiger partial charge in [-0.3, -0.25) is 0 Å². The second kappa shape index (κ2) is 6.04. The fraction of sp³-hybridized carbons (Fsp3) is 0.769. The first-order valence-corrected chi connectivity index (χ1v) is 6.47. The summed E-state index contributed by atoms with van der Waals surface area (Å²) in [5.41, 5.74) is 0.964. The molecule has 1 aliphatic carbocycles. The molecule has 0 atom stereocenters. The van der Waals surface area contributed by atoms with Crippen LogP contribution in [0.15, 0.2) is 10.6 Å². The molecule has 0 aliphatic heterocycles. The average Bonchev–Trinajstić information content (AvgIpc) is 2.54. The molecular weight excluding hydrogens is 200 g/mol. The molecule has 0 amide bonds. The molecule has 0 saturated heterocycles. The van der Waals surface area contributed by atoms with E-state index in [4.69, 9.17) is 4.52 Å². The van der Waals surface area contributed by atoms with Crippen LogP contribution >= 0.6 is 0 Å². The molecule has 1 N–H and O–H groups in total.